The molecule has 0 aromatic heterocycles. The Kier molecular flexibility index (Phi) is 5.59. The van der Waals surface area contributed by atoms with Crippen molar-refractivity contribution in [2.24, 2.45) is 0 Å². The molecule has 0 atom stereocenters. The van der Waals surface area contributed by atoms with Crippen molar-refractivity contribution in [3.63, 3.8) is 0 Å². The van der Waals surface area contributed by atoms with Crippen LogP contribution < -0.4 is 10.1 Å². The minimum atomic E-state index is 0.0904. The predicted octanol–water partition coefficient (Wildman–Crippen LogP) is 4.52. The normalized spacial score (nSPS) is 13.3. The standard InChI is InChI=1S/C19H21NO2S/c21-19-11-9-15-8-10-16(14-18(15)20-19)22-12-4-5-13-23-17-6-2-1-3-7-17/h1-3,6-8,10,14H,4-5,9,11-13H2,(H,20,21). The van der Waals surface area contributed by atoms with Crippen molar-refractivity contribution in [1.82, 2.24) is 0 Å². The fraction of sp³-hybridized carbons (Fsp3) is 0.316. The van der Waals surface area contributed by atoms with Crippen molar-refractivity contribution < 1.29 is 9.53 Å². The molecule has 1 amide bonds. The molecule has 1 aliphatic heterocycles. The largest absolute Gasteiger partial charge is 0.494 e. The van der Waals surface area contributed by atoms with E-state index < -0.39 is 0 Å². The summed E-state index contributed by atoms with van der Waals surface area (Å²) in [7, 11) is 0. The molecule has 0 radical (unpaired) electrons. The third-order valence-corrected chi connectivity index (χ3v) is 4.89. The molecule has 3 nitrogen and oxygen atoms in total. The predicted molar refractivity (Wildman–Crippen MR) is 95.3 cm³/mol. The van der Waals surface area contributed by atoms with Gasteiger partial charge in [-0.1, -0.05) is 24.3 Å². The quantitative estimate of drug-likeness (QED) is 0.600. The van der Waals surface area contributed by atoms with Crippen molar-refractivity contribution in [2.75, 3.05) is 17.7 Å². The van der Waals surface area contributed by atoms with Crippen molar-refractivity contribution in [3.8, 4) is 5.75 Å². The van der Waals surface area contributed by atoms with Crippen molar-refractivity contribution >= 4 is 23.4 Å². The Morgan fingerprint density at radius 1 is 1.04 bits per heavy atom. The van der Waals surface area contributed by atoms with E-state index in [1.165, 1.54) is 10.5 Å². The molecule has 23 heavy (non-hydrogen) atoms. The Morgan fingerprint density at radius 2 is 1.91 bits per heavy atom. The van der Waals surface area contributed by atoms with E-state index in [4.69, 9.17) is 4.74 Å². The molecule has 3 rings (SSSR count). The summed E-state index contributed by atoms with van der Waals surface area (Å²) in [6.45, 7) is 0.710. The van der Waals surface area contributed by atoms with Gasteiger partial charge in [-0.15, -0.1) is 11.8 Å². The zero-order chi connectivity index (χ0) is 15.9. The lowest BCUT2D eigenvalue weighted by atomic mass is 10.0. The van der Waals surface area contributed by atoms with Gasteiger partial charge in [-0.2, -0.15) is 0 Å². The van der Waals surface area contributed by atoms with E-state index in [1.54, 1.807) is 0 Å². The number of fused-ring (bicyclic) bond motifs is 1. The van der Waals surface area contributed by atoms with Gasteiger partial charge < -0.3 is 10.1 Å². The lowest BCUT2D eigenvalue weighted by Gasteiger charge is -2.17. The van der Waals surface area contributed by atoms with Crippen LogP contribution in [0.1, 0.15) is 24.8 Å². The molecule has 2 aromatic carbocycles. The molecule has 0 aliphatic carbocycles. The molecule has 1 aliphatic rings. The summed E-state index contributed by atoms with van der Waals surface area (Å²) in [6.07, 6.45) is 3.55. The Hall–Kier alpha value is -1.94. The van der Waals surface area contributed by atoms with E-state index in [-0.39, 0.29) is 5.91 Å². The van der Waals surface area contributed by atoms with E-state index in [0.29, 0.717) is 13.0 Å². The Morgan fingerprint density at radius 3 is 2.78 bits per heavy atom. The highest BCUT2D eigenvalue weighted by atomic mass is 32.2. The number of hydrogen-bond acceptors (Lipinski definition) is 3. The third-order valence-electron chi connectivity index (χ3n) is 3.80. The number of benzene rings is 2. The first-order valence-electron chi connectivity index (χ1n) is 8.05. The van der Waals surface area contributed by atoms with E-state index in [2.05, 4.69) is 35.6 Å². The maximum absolute atomic E-state index is 11.4. The van der Waals surface area contributed by atoms with Crippen LogP contribution in [0.3, 0.4) is 0 Å². The second kappa shape index (κ2) is 8.06. The first-order valence-corrected chi connectivity index (χ1v) is 9.03. The number of rotatable bonds is 7. The number of amides is 1. The number of hydrogen-bond donors (Lipinski definition) is 1. The van der Waals surface area contributed by atoms with E-state index in [9.17, 15) is 4.79 Å². The summed E-state index contributed by atoms with van der Waals surface area (Å²) in [6, 6.07) is 16.4. The van der Waals surface area contributed by atoms with Gasteiger partial charge in [0.05, 0.1) is 6.61 Å². The van der Waals surface area contributed by atoms with Crippen LogP contribution in [0.4, 0.5) is 5.69 Å². The number of thioether (sulfide) groups is 1. The summed E-state index contributed by atoms with van der Waals surface area (Å²) >= 11 is 1.88. The molecule has 1 heterocycles. The first kappa shape index (κ1) is 15.9. The molecule has 0 bridgehead atoms. The summed E-state index contributed by atoms with van der Waals surface area (Å²) in [4.78, 5) is 12.8. The van der Waals surface area contributed by atoms with Gasteiger partial charge in [0, 0.05) is 23.1 Å². The van der Waals surface area contributed by atoms with Crippen LogP contribution in [0.15, 0.2) is 53.4 Å². The lowest BCUT2D eigenvalue weighted by Crippen LogP contribution is -2.18. The monoisotopic (exact) mass is 327 g/mol. The molecule has 2 aromatic rings. The molecule has 4 heteroatoms. The van der Waals surface area contributed by atoms with Crippen LogP contribution in [0.5, 0.6) is 5.75 Å². The van der Waals surface area contributed by atoms with Gasteiger partial charge in [0.15, 0.2) is 0 Å². The van der Waals surface area contributed by atoms with Crippen LogP contribution in [0.25, 0.3) is 0 Å². The number of nitrogens with one attached hydrogen (secondary N) is 1. The Balaban J connectivity index is 1.38. The summed E-state index contributed by atoms with van der Waals surface area (Å²) in [5.74, 6) is 2.03. The van der Waals surface area contributed by atoms with E-state index >= 15 is 0 Å². The fourth-order valence-corrected chi connectivity index (χ4v) is 3.48. The fourth-order valence-electron chi connectivity index (χ4n) is 2.54. The lowest BCUT2D eigenvalue weighted by molar-refractivity contribution is -0.116. The van der Waals surface area contributed by atoms with Crippen LogP contribution in [-0.2, 0) is 11.2 Å². The molecule has 120 valence electrons. The Bertz CT molecular complexity index is 658. The molecule has 0 saturated carbocycles. The first-order chi connectivity index (χ1) is 11.3. The Labute approximate surface area is 141 Å². The van der Waals surface area contributed by atoms with Crippen LogP contribution >= 0.6 is 11.8 Å². The average molecular weight is 327 g/mol. The number of ether oxygens (including phenoxy) is 1. The van der Waals surface area contributed by atoms with Crippen LogP contribution in [-0.4, -0.2) is 18.3 Å². The highest BCUT2D eigenvalue weighted by molar-refractivity contribution is 7.99. The minimum Gasteiger partial charge on any atom is -0.494 e. The van der Waals surface area contributed by atoms with Crippen LogP contribution in [0, 0.1) is 0 Å². The van der Waals surface area contributed by atoms with Crippen molar-refractivity contribution in [3.05, 3.63) is 54.1 Å². The highest BCUT2D eigenvalue weighted by Crippen LogP contribution is 2.27. The van der Waals surface area contributed by atoms with Crippen LogP contribution in [0.2, 0.25) is 0 Å². The molecule has 0 spiro atoms. The second-order valence-electron chi connectivity index (χ2n) is 5.58. The maximum Gasteiger partial charge on any atom is 0.224 e. The van der Waals surface area contributed by atoms with Crippen molar-refractivity contribution in [1.29, 1.82) is 0 Å². The summed E-state index contributed by atoms with van der Waals surface area (Å²) < 4.78 is 5.80. The van der Waals surface area contributed by atoms with Gasteiger partial charge in [0.1, 0.15) is 5.75 Å². The van der Waals surface area contributed by atoms with Gasteiger partial charge in [-0.25, -0.2) is 0 Å². The molecule has 1 N–H and O–H groups in total. The van der Waals surface area contributed by atoms with Gasteiger partial charge >= 0.3 is 0 Å². The van der Waals surface area contributed by atoms with Gasteiger partial charge in [0.25, 0.3) is 0 Å². The zero-order valence-corrected chi connectivity index (χ0v) is 13.9. The van der Waals surface area contributed by atoms with Gasteiger partial charge in [-0.05, 0) is 48.8 Å². The van der Waals surface area contributed by atoms with E-state index in [0.717, 1.165) is 36.5 Å². The highest BCUT2D eigenvalue weighted by Gasteiger charge is 2.14. The average Bonchev–Trinajstić information content (AvgIpc) is 2.58. The topological polar surface area (TPSA) is 38.3 Å². The summed E-state index contributed by atoms with van der Waals surface area (Å²) in [5.41, 5.74) is 2.09. The van der Waals surface area contributed by atoms with Crippen molar-refractivity contribution in [2.45, 2.75) is 30.6 Å². The summed E-state index contributed by atoms with van der Waals surface area (Å²) in [5, 5.41) is 2.91. The number of aryl methyl sites for hydroxylation is 1. The number of unbranched alkanes of at least 4 members (excludes halogenated alkanes) is 1. The third kappa shape index (κ3) is 4.76. The zero-order valence-electron chi connectivity index (χ0n) is 13.1. The number of anilines is 1. The van der Waals surface area contributed by atoms with E-state index in [1.807, 2.05) is 30.0 Å². The molecular formula is C19H21NO2S. The molecular weight excluding hydrogens is 306 g/mol. The second-order valence-corrected chi connectivity index (χ2v) is 6.75. The van der Waals surface area contributed by atoms with Gasteiger partial charge in [-0.3, -0.25) is 4.79 Å². The van der Waals surface area contributed by atoms with Gasteiger partial charge in [0.2, 0.25) is 5.91 Å². The molecule has 0 saturated heterocycles. The molecule has 0 fully saturated rings. The smallest absolute Gasteiger partial charge is 0.224 e. The number of carbonyl (C=O) groups is 1. The minimum absolute atomic E-state index is 0.0904. The molecule has 0 unspecified atom stereocenters. The number of carbonyl (C=O) groups excluding carboxylic acids is 1. The maximum atomic E-state index is 11.4. The SMILES string of the molecule is O=C1CCc2ccc(OCCCCSc3ccccc3)cc2N1.